The number of aryl methyl sites for hydroxylation is 1. The molecular weight excluding hydrogens is 440 g/mol. The van der Waals surface area contributed by atoms with Gasteiger partial charge in [-0.15, -0.1) is 0 Å². The first kappa shape index (κ1) is 25.7. The highest BCUT2D eigenvalue weighted by atomic mass is 35.5. The number of anilines is 1. The van der Waals surface area contributed by atoms with E-state index >= 15 is 0 Å². The molecule has 0 saturated heterocycles. The van der Waals surface area contributed by atoms with Crippen LogP contribution in [0.5, 0.6) is 0 Å². The predicted octanol–water partition coefficient (Wildman–Crippen LogP) is 4.81. The van der Waals surface area contributed by atoms with Gasteiger partial charge < -0.3 is 14.2 Å². The number of esters is 1. The minimum atomic E-state index is -0.883. The van der Waals surface area contributed by atoms with Gasteiger partial charge in [0, 0.05) is 35.2 Å². The van der Waals surface area contributed by atoms with Crippen LogP contribution in [0.25, 0.3) is 6.08 Å². The number of benzene rings is 1. The minimum absolute atomic E-state index is 0.0988. The molecule has 0 atom stereocenters. The Hall–Kier alpha value is -3.55. The fraction of sp³-hybridized carbons (Fsp3) is 0.360. The number of hydrogen-bond donors (Lipinski definition) is 0. The Morgan fingerprint density at radius 2 is 1.97 bits per heavy atom. The Kier molecular flexibility index (Phi) is 9.27. The molecule has 0 spiro atoms. The van der Waals surface area contributed by atoms with Gasteiger partial charge >= 0.3 is 5.97 Å². The third-order valence-corrected chi connectivity index (χ3v) is 5.23. The molecule has 1 aromatic carbocycles. The third kappa shape index (κ3) is 6.97. The number of amides is 1. The third-order valence-electron chi connectivity index (χ3n) is 5.00. The molecule has 0 aliphatic heterocycles. The number of aromatic nitrogens is 1. The number of nitrogens with zero attached hydrogens (tertiary/aromatic N) is 4. The fourth-order valence-electron chi connectivity index (χ4n) is 3.40. The lowest BCUT2D eigenvalue weighted by Gasteiger charge is -2.21. The molecule has 172 valence electrons. The molecule has 0 saturated carbocycles. The van der Waals surface area contributed by atoms with E-state index in [0.717, 1.165) is 23.5 Å². The molecule has 1 heterocycles. The smallest absolute Gasteiger partial charge is 0.349 e. The Bertz CT molecular complexity index is 1140. The Balaban J connectivity index is 2.16. The predicted molar refractivity (Wildman–Crippen MR) is 127 cm³/mol. The molecule has 0 N–H and O–H groups in total. The van der Waals surface area contributed by atoms with Crippen molar-refractivity contribution in [3.8, 4) is 12.1 Å². The molecule has 0 aliphatic carbocycles. The van der Waals surface area contributed by atoms with E-state index in [1.165, 1.54) is 11.0 Å². The van der Waals surface area contributed by atoms with E-state index in [-0.39, 0.29) is 18.5 Å². The summed E-state index contributed by atoms with van der Waals surface area (Å²) in [6.07, 6.45) is 1.58. The van der Waals surface area contributed by atoms with E-state index in [2.05, 4.69) is 18.4 Å². The molecule has 0 unspecified atom stereocenters. The molecule has 2 aromatic rings. The average molecular weight is 467 g/mol. The fourth-order valence-corrected chi connectivity index (χ4v) is 3.58. The van der Waals surface area contributed by atoms with E-state index in [0.29, 0.717) is 16.6 Å². The van der Waals surface area contributed by atoms with Crippen LogP contribution in [0.3, 0.4) is 0 Å². The van der Waals surface area contributed by atoms with Crippen molar-refractivity contribution in [2.75, 3.05) is 18.1 Å². The second-order valence-electron chi connectivity index (χ2n) is 8.01. The number of hydrogen-bond acceptors (Lipinski definition) is 5. The molecule has 8 heteroatoms. The van der Waals surface area contributed by atoms with Gasteiger partial charge in [-0.1, -0.05) is 31.5 Å². The molecule has 0 radical (unpaired) electrons. The minimum Gasteiger partial charge on any atom is -0.451 e. The van der Waals surface area contributed by atoms with Gasteiger partial charge in [0.1, 0.15) is 11.6 Å². The lowest BCUT2D eigenvalue weighted by atomic mass is 10.1. The normalized spacial score (nSPS) is 11.1. The highest BCUT2D eigenvalue weighted by Crippen LogP contribution is 2.21. The summed E-state index contributed by atoms with van der Waals surface area (Å²) in [4.78, 5) is 26.6. The summed E-state index contributed by atoms with van der Waals surface area (Å²) < 4.78 is 7.28. The zero-order chi connectivity index (χ0) is 24.5. The highest BCUT2D eigenvalue weighted by Gasteiger charge is 2.20. The van der Waals surface area contributed by atoms with Crippen molar-refractivity contribution in [3.63, 3.8) is 0 Å². The van der Waals surface area contributed by atoms with Crippen molar-refractivity contribution in [2.45, 2.75) is 40.7 Å². The number of carbonyl (C=O) groups excluding carboxylic acids is 2. The second-order valence-corrected chi connectivity index (χ2v) is 8.45. The number of rotatable bonds is 9. The van der Waals surface area contributed by atoms with Gasteiger partial charge in [-0.3, -0.25) is 4.79 Å². The number of nitriles is 2. The van der Waals surface area contributed by atoms with Crippen LogP contribution in [0, 0.1) is 42.4 Å². The summed E-state index contributed by atoms with van der Waals surface area (Å²) in [6.45, 7) is 8.52. The van der Waals surface area contributed by atoms with E-state index in [1.54, 1.807) is 24.3 Å². The molecule has 0 aliphatic rings. The van der Waals surface area contributed by atoms with E-state index in [1.807, 2.05) is 32.1 Å². The number of halogens is 1. The Morgan fingerprint density at radius 3 is 2.58 bits per heavy atom. The van der Waals surface area contributed by atoms with Crippen molar-refractivity contribution in [1.82, 2.24) is 4.57 Å². The Morgan fingerprint density at radius 1 is 1.24 bits per heavy atom. The maximum atomic E-state index is 12.7. The van der Waals surface area contributed by atoms with Crippen LogP contribution in [0.1, 0.15) is 37.2 Å². The van der Waals surface area contributed by atoms with Gasteiger partial charge in [-0.2, -0.15) is 10.5 Å². The van der Waals surface area contributed by atoms with Crippen LogP contribution in [0.4, 0.5) is 5.69 Å². The zero-order valence-corrected chi connectivity index (χ0v) is 20.0. The summed E-state index contributed by atoms with van der Waals surface area (Å²) in [5, 5.41) is 18.8. The van der Waals surface area contributed by atoms with Crippen molar-refractivity contribution in [3.05, 3.63) is 57.9 Å². The lowest BCUT2D eigenvalue weighted by Crippen LogP contribution is -2.35. The molecule has 1 aromatic heterocycles. The van der Waals surface area contributed by atoms with Crippen molar-refractivity contribution >= 4 is 35.2 Å². The van der Waals surface area contributed by atoms with Gasteiger partial charge in [-0.05, 0) is 55.7 Å². The maximum absolute atomic E-state index is 12.7. The Labute approximate surface area is 199 Å². The molecular formula is C25H27ClN4O3. The summed E-state index contributed by atoms with van der Waals surface area (Å²) in [6, 6.07) is 12.4. The van der Waals surface area contributed by atoms with Crippen LogP contribution < -0.4 is 4.90 Å². The lowest BCUT2D eigenvalue weighted by molar-refractivity contribution is -0.143. The van der Waals surface area contributed by atoms with Crippen molar-refractivity contribution < 1.29 is 14.3 Å². The SMILES string of the molecule is Cc1cc(/C=C(/C#N)C(=O)OCC(=O)N(CCC#N)c2cccc(Cl)c2)c(C)n1CC(C)C. The quantitative estimate of drug-likeness (QED) is 0.300. The first-order chi connectivity index (χ1) is 15.7. The molecule has 0 bridgehead atoms. The second kappa shape index (κ2) is 11.9. The van der Waals surface area contributed by atoms with Crippen LogP contribution >= 0.6 is 11.6 Å². The first-order valence-electron chi connectivity index (χ1n) is 10.6. The van der Waals surface area contributed by atoms with E-state index in [9.17, 15) is 14.9 Å². The topological polar surface area (TPSA) is 99.1 Å². The maximum Gasteiger partial charge on any atom is 0.349 e. The number of ether oxygens (including phenoxy) is 1. The standard InChI is InChI=1S/C25H27ClN4O3/c1-17(2)15-30-18(3)11-20(19(30)4)12-21(14-28)25(32)33-16-24(31)29(10-6-9-27)23-8-5-7-22(26)13-23/h5,7-8,11-13,17H,6,10,15-16H2,1-4H3/b21-12-. The van der Waals surface area contributed by atoms with Crippen LogP contribution in [-0.2, 0) is 20.9 Å². The zero-order valence-electron chi connectivity index (χ0n) is 19.3. The summed E-state index contributed by atoms with van der Waals surface area (Å²) >= 11 is 6.01. The first-order valence-corrected chi connectivity index (χ1v) is 10.9. The molecule has 1 amide bonds. The van der Waals surface area contributed by atoms with Gasteiger partial charge in [0.05, 0.1) is 12.5 Å². The average Bonchev–Trinajstić information content (AvgIpc) is 3.03. The van der Waals surface area contributed by atoms with Crippen LogP contribution in [-0.4, -0.2) is 29.6 Å². The molecule has 2 rings (SSSR count). The molecule has 33 heavy (non-hydrogen) atoms. The molecule has 7 nitrogen and oxygen atoms in total. The van der Waals surface area contributed by atoms with Crippen LogP contribution in [0.2, 0.25) is 5.02 Å². The monoisotopic (exact) mass is 466 g/mol. The summed E-state index contributed by atoms with van der Waals surface area (Å²) in [5.41, 5.74) is 3.03. The number of carbonyl (C=O) groups is 2. The summed E-state index contributed by atoms with van der Waals surface area (Å²) in [5.74, 6) is -0.958. The highest BCUT2D eigenvalue weighted by molar-refractivity contribution is 6.30. The van der Waals surface area contributed by atoms with Gasteiger partial charge in [0.25, 0.3) is 5.91 Å². The van der Waals surface area contributed by atoms with Gasteiger partial charge in [0.2, 0.25) is 0 Å². The largest absolute Gasteiger partial charge is 0.451 e. The van der Waals surface area contributed by atoms with Crippen LogP contribution in [0.15, 0.2) is 35.9 Å². The van der Waals surface area contributed by atoms with Crippen molar-refractivity contribution in [1.29, 1.82) is 10.5 Å². The van der Waals surface area contributed by atoms with Gasteiger partial charge in [0.15, 0.2) is 6.61 Å². The van der Waals surface area contributed by atoms with E-state index in [4.69, 9.17) is 21.6 Å². The van der Waals surface area contributed by atoms with Gasteiger partial charge in [-0.25, -0.2) is 4.79 Å². The van der Waals surface area contributed by atoms with E-state index < -0.39 is 18.5 Å². The summed E-state index contributed by atoms with van der Waals surface area (Å²) in [7, 11) is 0. The molecule has 0 fully saturated rings. The van der Waals surface area contributed by atoms with Crippen molar-refractivity contribution in [2.24, 2.45) is 5.92 Å².